The van der Waals surface area contributed by atoms with Gasteiger partial charge >= 0.3 is 0 Å². The molecule has 5 heterocycles. The first kappa shape index (κ1) is 36.5. The largest absolute Gasteiger partial charge is 0.512 e. The number of fused-ring (bicyclic) bond motifs is 2. The van der Waals surface area contributed by atoms with Gasteiger partial charge in [-0.05, 0) is 72.7 Å². The van der Waals surface area contributed by atoms with Crippen LogP contribution < -0.4 is 15.1 Å². The topological polar surface area (TPSA) is 109 Å². The minimum absolute atomic E-state index is 0.00159. The maximum absolute atomic E-state index is 15.6. The molecule has 3 amide bonds. The van der Waals surface area contributed by atoms with Gasteiger partial charge in [-0.3, -0.25) is 29.6 Å². The van der Waals surface area contributed by atoms with Gasteiger partial charge in [0.2, 0.25) is 11.8 Å². The lowest BCUT2D eigenvalue weighted by Crippen LogP contribution is -2.52. The molecule has 4 fully saturated rings. The van der Waals surface area contributed by atoms with Crippen LogP contribution in [-0.4, -0.2) is 95.4 Å². The molecule has 56 heavy (non-hydrogen) atoms. The molecule has 4 atom stereocenters. The molecule has 2 N–H and O–H groups in total. The normalized spacial score (nSPS) is 27.0. The molecule has 0 bridgehead atoms. The molecule has 1 aromatic heterocycles. The number of nitrogens with one attached hydrogen (secondary N) is 1. The molecule has 1 saturated carbocycles. The summed E-state index contributed by atoms with van der Waals surface area (Å²) >= 11 is 0. The van der Waals surface area contributed by atoms with Gasteiger partial charge in [0.05, 0.1) is 23.6 Å². The molecule has 10 nitrogen and oxygen atoms in total. The number of hydrogen-bond acceptors (Lipinski definition) is 8. The van der Waals surface area contributed by atoms with E-state index in [0.717, 1.165) is 86.9 Å². The zero-order chi connectivity index (χ0) is 38.6. The quantitative estimate of drug-likeness (QED) is 0.275. The molecule has 0 radical (unpaired) electrons. The molecular weight excluding hydrogens is 715 g/mol. The second-order valence-electron chi connectivity index (χ2n) is 16.4. The van der Waals surface area contributed by atoms with Crippen molar-refractivity contribution in [3.8, 4) is 0 Å². The smallest absolute Gasteiger partial charge is 0.255 e. The number of pyridine rings is 1. The van der Waals surface area contributed by atoms with Crippen LogP contribution in [0.15, 0.2) is 90.3 Å². The number of nitrogens with zero attached hydrogens (tertiary/aromatic N) is 5. The van der Waals surface area contributed by atoms with Gasteiger partial charge in [-0.1, -0.05) is 42.0 Å². The van der Waals surface area contributed by atoms with Gasteiger partial charge in [-0.15, -0.1) is 0 Å². The highest BCUT2D eigenvalue weighted by atomic mass is 19.3. The van der Waals surface area contributed by atoms with E-state index in [1.165, 1.54) is 0 Å². The fourth-order valence-corrected chi connectivity index (χ4v) is 10.0. The SMILES string of the molecule is O=C1CC[C@H](N2Cc3cc(N4CCN(CC5CCN(c6ccc([C@@H]7C8=CC=C(O)CC8C(F)(F)C[C@@H]7c7ccccc7)nc6)CC5)CC4)ccc3C2=O)C(=O)N1. The number of aliphatic hydroxyl groups excluding tert-OH is 1. The molecule has 0 spiro atoms. The van der Waals surface area contributed by atoms with E-state index < -0.39 is 29.7 Å². The average molecular weight is 763 g/mol. The number of alkyl halides is 2. The molecule has 1 unspecified atom stereocenters. The molecule has 6 aliphatic rings. The number of carbonyl (C=O) groups excluding carboxylic acids is 3. The van der Waals surface area contributed by atoms with E-state index in [1.807, 2.05) is 54.7 Å². The summed E-state index contributed by atoms with van der Waals surface area (Å²) in [5, 5.41) is 12.6. The highest BCUT2D eigenvalue weighted by Crippen LogP contribution is 2.57. The summed E-state index contributed by atoms with van der Waals surface area (Å²) in [6.45, 7) is 7.06. The summed E-state index contributed by atoms with van der Waals surface area (Å²) in [6, 6.07) is 19.1. The lowest BCUT2D eigenvalue weighted by atomic mass is 9.63. The summed E-state index contributed by atoms with van der Waals surface area (Å²) in [5.41, 5.74) is 6.04. The molecule has 9 rings (SSSR count). The summed E-state index contributed by atoms with van der Waals surface area (Å²) in [6.07, 6.45) is 7.62. The number of piperidine rings is 2. The van der Waals surface area contributed by atoms with Crippen LogP contribution in [0.3, 0.4) is 0 Å². The zero-order valence-electron chi connectivity index (χ0n) is 31.5. The standard InChI is InChI=1S/C44H48F2N6O4/c45-44(46)24-36(29-4-2-1-3-5-29)41(35-10-8-33(53)23-37(35)44)38-11-7-32(25-47-38)50-16-14-28(15-17-50)26-49-18-20-51(21-19-49)31-6-9-34-30(22-31)27-52(43(34)56)39-12-13-40(54)48-42(39)55/h1-11,22,25,28,36-37,39,41,53H,12-21,23-24,26-27H2,(H,48,54,55)/t36-,37?,39+,41-/m1/s1. The van der Waals surface area contributed by atoms with Gasteiger partial charge < -0.3 is 19.8 Å². The van der Waals surface area contributed by atoms with E-state index in [-0.39, 0.29) is 42.8 Å². The molecule has 3 saturated heterocycles. The third-order valence-corrected chi connectivity index (χ3v) is 13.1. The van der Waals surface area contributed by atoms with Crippen molar-refractivity contribution in [2.24, 2.45) is 11.8 Å². The minimum atomic E-state index is -2.93. The number of halogens is 2. The van der Waals surface area contributed by atoms with Crippen molar-refractivity contribution in [3.05, 3.63) is 113 Å². The Balaban J connectivity index is 0.788. The van der Waals surface area contributed by atoms with Gasteiger partial charge in [0.1, 0.15) is 6.04 Å². The predicted molar refractivity (Wildman–Crippen MR) is 209 cm³/mol. The number of aromatic nitrogens is 1. The van der Waals surface area contributed by atoms with Crippen LogP contribution in [0.4, 0.5) is 20.2 Å². The molecule has 12 heteroatoms. The van der Waals surface area contributed by atoms with E-state index >= 15 is 8.78 Å². The number of carbonyl (C=O) groups is 3. The summed E-state index contributed by atoms with van der Waals surface area (Å²) in [7, 11) is 0. The predicted octanol–water partition coefficient (Wildman–Crippen LogP) is 6.18. The van der Waals surface area contributed by atoms with Crippen LogP contribution in [-0.2, 0) is 16.1 Å². The van der Waals surface area contributed by atoms with E-state index in [9.17, 15) is 19.5 Å². The summed E-state index contributed by atoms with van der Waals surface area (Å²) in [5.74, 6) is -4.90. The van der Waals surface area contributed by atoms with Crippen molar-refractivity contribution in [2.75, 3.05) is 55.6 Å². The van der Waals surface area contributed by atoms with Gasteiger partial charge in [-0.25, -0.2) is 8.78 Å². The van der Waals surface area contributed by atoms with E-state index in [4.69, 9.17) is 4.98 Å². The Hall–Kier alpha value is -5.10. The number of aliphatic hydroxyl groups is 1. The van der Waals surface area contributed by atoms with Crippen LogP contribution in [0.25, 0.3) is 0 Å². The van der Waals surface area contributed by atoms with Gasteiger partial charge in [-0.2, -0.15) is 0 Å². The maximum Gasteiger partial charge on any atom is 0.255 e. The lowest BCUT2D eigenvalue weighted by molar-refractivity contribution is -0.136. The van der Waals surface area contributed by atoms with E-state index in [1.54, 1.807) is 17.1 Å². The molecule has 3 aromatic rings. The third kappa shape index (κ3) is 6.97. The first-order valence-electron chi connectivity index (χ1n) is 20.1. The van der Waals surface area contributed by atoms with Crippen LogP contribution in [0, 0.1) is 11.8 Å². The summed E-state index contributed by atoms with van der Waals surface area (Å²) in [4.78, 5) is 51.1. The van der Waals surface area contributed by atoms with E-state index in [0.29, 0.717) is 30.0 Å². The molecule has 2 aliphatic carbocycles. The lowest BCUT2D eigenvalue weighted by Gasteiger charge is -2.44. The maximum atomic E-state index is 15.6. The highest BCUT2D eigenvalue weighted by molar-refractivity contribution is 6.05. The van der Waals surface area contributed by atoms with Crippen molar-refractivity contribution in [3.63, 3.8) is 0 Å². The van der Waals surface area contributed by atoms with Crippen molar-refractivity contribution >= 4 is 29.1 Å². The number of allylic oxidation sites excluding steroid dienone is 4. The zero-order valence-corrected chi connectivity index (χ0v) is 31.5. The number of piperazine rings is 1. The second kappa shape index (κ2) is 14.8. The fraction of sp³-hybridized carbons (Fsp3) is 0.455. The van der Waals surface area contributed by atoms with Gasteiger partial charge in [0, 0.05) is 100 Å². The molecular formula is C44H48F2N6O4. The Kier molecular flexibility index (Phi) is 9.63. The van der Waals surface area contributed by atoms with Crippen molar-refractivity contribution in [1.82, 2.24) is 20.1 Å². The van der Waals surface area contributed by atoms with Gasteiger partial charge in [0.25, 0.3) is 11.8 Å². The molecule has 2 aromatic carbocycles. The van der Waals surface area contributed by atoms with Crippen molar-refractivity contribution < 1.29 is 28.3 Å². The third-order valence-electron chi connectivity index (χ3n) is 13.1. The highest BCUT2D eigenvalue weighted by Gasteiger charge is 2.53. The minimum Gasteiger partial charge on any atom is -0.512 e. The number of benzene rings is 2. The van der Waals surface area contributed by atoms with Gasteiger partial charge in [0.15, 0.2) is 0 Å². The number of rotatable bonds is 7. The number of amides is 3. The fourth-order valence-electron chi connectivity index (χ4n) is 10.0. The average Bonchev–Trinajstić information content (AvgIpc) is 3.53. The Bertz CT molecular complexity index is 2060. The first-order valence-corrected chi connectivity index (χ1v) is 20.1. The Morgan fingerprint density at radius 3 is 2.34 bits per heavy atom. The Morgan fingerprint density at radius 2 is 1.61 bits per heavy atom. The van der Waals surface area contributed by atoms with Crippen LogP contribution in [0.5, 0.6) is 0 Å². The van der Waals surface area contributed by atoms with E-state index in [2.05, 4.69) is 32.1 Å². The Morgan fingerprint density at radius 1 is 0.857 bits per heavy atom. The monoisotopic (exact) mass is 762 g/mol. The molecule has 4 aliphatic heterocycles. The number of hydrogen-bond donors (Lipinski definition) is 2. The number of imide groups is 1. The van der Waals surface area contributed by atoms with Crippen LogP contribution >= 0.6 is 0 Å². The molecule has 292 valence electrons. The number of anilines is 2. The van der Waals surface area contributed by atoms with Crippen molar-refractivity contribution in [1.29, 1.82) is 0 Å². The second-order valence-corrected chi connectivity index (χ2v) is 16.4. The summed E-state index contributed by atoms with van der Waals surface area (Å²) < 4.78 is 31.2. The van der Waals surface area contributed by atoms with Crippen LogP contribution in [0.1, 0.15) is 77.5 Å². The van der Waals surface area contributed by atoms with Crippen molar-refractivity contribution in [2.45, 2.75) is 68.9 Å². The Labute approximate surface area is 325 Å². The van der Waals surface area contributed by atoms with Crippen LogP contribution in [0.2, 0.25) is 0 Å². The first-order chi connectivity index (χ1) is 27.1.